The molecule has 0 spiro atoms. The lowest BCUT2D eigenvalue weighted by Crippen LogP contribution is -2.37. The number of hydrogen-bond acceptors (Lipinski definition) is 3. The maximum Gasteiger partial charge on any atom is 0.191 e. The molecule has 0 aliphatic rings. The topological polar surface area (TPSA) is 39.7 Å². The van der Waals surface area contributed by atoms with Crippen LogP contribution >= 0.6 is 11.3 Å². The lowest BCUT2D eigenvalue weighted by molar-refractivity contribution is 0.345. The molecule has 5 heteroatoms. The van der Waals surface area contributed by atoms with E-state index in [0.29, 0.717) is 0 Å². The highest BCUT2D eigenvalue weighted by Crippen LogP contribution is 2.09. The Bertz CT molecular complexity index is 622. The van der Waals surface area contributed by atoms with Crippen LogP contribution in [-0.4, -0.2) is 38.0 Å². The first-order valence-electron chi connectivity index (χ1n) is 8.44. The number of aliphatic imine (C=N–C) groups is 1. The Morgan fingerprint density at radius 1 is 1.17 bits per heavy atom. The van der Waals surface area contributed by atoms with Gasteiger partial charge in [-0.15, -0.1) is 11.3 Å². The Balaban J connectivity index is 1.79. The first-order valence-corrected chi connectivity index (χ1v) is 9.32. The van der Waals surface area contributed by atoms with E-state index in [0.717, 1.165) is 38.6 Å². The summed E-state index contributed by atoms with van der Waals surface area (Å²) in [5.41, 5.74) is 2.62. The third-order valence-corrected chi connectivity index (χ3v) is 4.85. The molecule has 0 bridgehead atoms. The Kier molecular flexibility index (Phi) is 7.79. The number of hydrogen-bond donors (Lipinski definition) is 2. The Morgan fingerprint density at radius 3 is 2.71 bits per heavy atom. The van der Waals surface area contributed by atoms with Gasteiger partial charge in [-0.05, 0) is 42.6 Å². The van der Waals surface area contributed by atoms with Crippen molar-refractivity contribution in [3.05, 3.63) is 57.8 Å². The summed E-state index contributed by atoms with van der Waals surface area (Å²) in [6.07, 6.45) is 1.03. The summed E-state index contributed by atoms with van der Waals surface area (Å²) < 4.78 is 0. The van der Waals surface area contributed by atoms with Gasteiger partial charge in [-0.1, -0.05) is 37.3 Å². The molecule has 2 rings (SSSR count). The molecule has 0 atom stereocenters. The smallest absolute Gasteiger partial charge is 0.191 e. The summed E-state index contributed by atoms with van der Waals surface area (Å²) in [5.74, 6) is 0.850. The van der Waals surface area contributed by atoms with E-state index in [1.54, 1.807) is 11.3 Å². The molecule has 4 nitrogen and oxygen atoms in total. The van der Waals surface area contributed by atoms with Crippen LogP contribution in [0.5, 0.6) is 0 Å². The Morgan fingerprint density at radius 2 is 2.00 bits per heavy atom. The van der Waals surface area contributed by atoms with Crippen LogP contribution in [0.2, 0.25) is 0 Å². The largest absolute Gasteiger partial charge is 0.356 e. The summed E-state index contributed by atoms with van der Waals surface area (Å²) in [4.78, 5) is 7.99. The van der Waals surface area contributed by atoms with E-state index >= 15 is 0 Å². The highest BCUT2D eigenvalue weighted by molar-refractivity contribution is 7.09. The van der Waals surface area contributed by atoms with Crippen molar-refractivity contribution in [2.45, 2.75) is 26.4 Å². The normalized spacial score (nSPS) is 11.8. The lowest BCUT2D eigenvalue weighted by atomic mass is 10.1. The summed E-state index contributed by atoms with van der Waals surface area (Å²) >= 11 is 1.80. The fourth-order valence-electron chi connectivity index (χ4n) is 2.43. The zero-order chi connectivity index (χ0) is 17.2. The lowest BCUT2D eigenvalue weighted by Gasteiger charge is -2.15. The fourth-order valence-corrected chi connectivity index (χ4v) is 3.14. The summed E-state index contributed by atoms with van der Waals surface area (Å²) in [6.45, 7) is 5.89. The van der Waals surface area contributed by atoms with Gasteiger partial charge in [0.15, 0.2) is 5.96 Å². The molecule has 0 fully saturated rings. The van der Waals surface area contributed by atoms with Crippen molar-refractivity contribution in [2.24, 2.45) is 4.99 Å². The van der Waals surface area contributed by atoms with Gasteiger partial charge in [-0.25, -0.2) is 0 Å². The molecule has 0 saturated heterocycles. The summed E-state index contributed by atoms with van der Waals surface area (Å²) in [7, 11) is 3.96. The van der Waals surface area contributed by atoms with Crippen LogP contribution in [0.25, 0.3) is 0 Å². The number of guanidine groups is 1. The van der Waals surface area contributed by atoms with Crippen LogP contribution in [0, 0.1) is 0 Å². The van der Waals surface area contributed by atoms with E-state index in [9.17, 15) is 0 Å². The highest BCUT2D eigenvalue weighted by Gasteiger charge is 2.02. The molecule has 0 aliphatic carbocycles. The maximum atomic E-state index is 4.30. The van der Waals surface area contributed by atoms with Crippen molar-refractivity contribution < 1.29 is 0 Å². The van der Waals surface area contributed by atoms with Gasteiger partial charge in [0.2, 0.25) is 0 Å². The summed E-state index contributed by atoms with van der Waals surface area (Å²) in [5, 5.41) is 8.88. The van der Waals surface area contributed by atoms with Crippen molar-refractivity contribution in [1.29, 1.82) is 0 Å². The number of thiophene rings is 1. The van der Waals surface area contributed by atoms with Crippen molar-refractivity contribution in [1.82, 2.24) is 15.5 Å². The second kappa shape index (κ2) is 10.1. The fraction of sp³-hybridized carbons (Fsp3) is 0.421. The maximum absolute atomic E-state index is 4.30. The van der Waals surface area contributed by atoms with E-state index in [-0.39, 0.29) is 0 Å². The number of nitrogens with zero attached hydrogens (tertiary/aromatic N) is 2. The van der Waals surface area contributed by atoms with Crippen LogP contribution in [0.15, 0.2) is 46.8 Å². The molecule has 0 radical (unpaired) electrons. The molecule has 1 aromatic heterocycles. The minimum Gasteiger partial charge on any atom is -0.356 e. The van der Waals surface area contributed by atoms with Gasteiger partial charge in [0.25, 0.3) is 0 Å². The Hall–Kier alpha value is -1.85. The third-order valence-electron chi connectivity index (χ3n) is 3.91. The Labute approximate surface area is 149 Å². The van der Waals surface area contributed by atoms with Gasteiger partial charge in [-0.2, -0.15) is 0 Å². The van der Waals surface area contributed by atoms with Crippen LogP contribution < -0.4 is 10.6 Å². The second-order valence-electron chi connectivity index (χ2n) is 5.83. The number of benzene rings is 1. The van der Waals surface area contributed by atoms with E-state index in [2.05, 4.69) is 76.3 Å². The number of rotatable bonds is 8. The minimum absolute atomic E-state index is 0.780. The zero-order valence-corrected chi connectivity index (χ0v) is 15.7. The molecular weight excluding hydrogens is 316 g/mol. The molecule has 1 heterocycles. The molecule has 1 aromatic carbocycles. The van der Waals surface area contributed by atoms with Gasteiger partial charge < -0.3 is 15.5 Å². The van der Waals surface area contributed by atoms with Gasteiger partial charge in [0.1, 0.15) is 0 Å². The quantitative estimate of drug-likeness (QED) is 0.571. The predicted octanol–water partition coefficient (Wildman–Crippen LogP) is 3.11. The molecular formula is C19H28N4S. The first kappa shape index (κ1) is 18.5. The summed E-state index contributed by atoms with van der Waals surface area (Å²) in [6, 6.07) is 13.0. The van der Waals surface area contributed by atoms with Crippen molar-refractivity contribution in [3.63, 3.8) is 0 Å². The number of nitrogens with one attached hydrogen (secondary N) is 2. The average molecular weight is 345 g/mol. The SMILES string of the molecule is CCN(C)Cc1cccc(CNC(=NC)NCCc2cccs2)c1. The molecule has 0 aliphatic heterocycles. The minimum atomic E-state index is 0.780. The molecule has 2 N–H and O–H groups in total. The van der Waals surface area contributed by atoms with Crippen LogP contribution in [0.3, 0.4) is 0 Å². The molecule has 24 heavy (non-hydrogen) atoms. The van der Waals surface area contributed by atoms with Gasteiger partial charge in [-0.3, -0.25) is 4.99 Å². The van der Waals surface area contributed by atoms with Crippen molar-refractivity contribution >= 4 is 17.3 Å². The van der Waals surface area contributed by atoms with Crippen molar-refractivity contribution in [2.75, 3.05) is 27.2 Å². The van der Waals surface area contributed by atoms with Gasteiger partial charge in [0.05, 0.1) is 0 Å². The first-order chi connectivity index (χ1) is 11.7. The molecule has 0 amide bonds. The third kappa shape index (κ3) is 6.34. The molecule has 2 aromatic rings. The van der Waals surface area contributed by atoms with Gasteiger partial charge in [0, 0.05) is 31.6 Å². The van der Waals surface area contributed by atoms with E-state index in [1.165, 1.54) is 16.0 Å². The van der Waals surface area contributed by atoms with E-state index in [1.807, 2.05) is 7.05 Å². The van der Waals surface area contributed by atoms with Gasteiger partial charge >= 0.3 is 0 Å². The second-order valence-corrected chi connectivity index (χ2v) is 6.86. The zero-order valence-electron chi connectivity index (χ0n) is 14.9. The molecule has 130 valence electrons. The van der Waals surface area contributed by atoms with Crippen LogP contribution in [0.4, 0.5) is 0 Å². The molecule has 0 unspecified atom stereocenters. The van der Waals surface area contributed by atoms with Crippen LogP contribution in [0.1, 0.15) is 22.9 Å². The van der Waals surface area contributed by atoms with E-state index < -0.39 is 0 Å². The van der Waals surface area contributed by atoms with Crippen LogP contribution in [-0.2, 0) is 19.5 Å². The van der Waals surface area contributed by atoms with E-state index in [4.69, 9.17) is 0 Å². The van der Waals surface area contributed by atoms with Crippen molar-refractivity contribution in [3.8, 4) is 0 Å². The molecule has 0 saturated carbocycles. The standard InChI is InChI=1S/C19H28N4S/c1-4-23(3)15-17-8-5-7-16(13-17)14-22-19(20-2)21-11-10-18-9-6-12-24-18/h5-9,12-13H,4,10-11,14-15H2,1-3H3,(H2,20,21,22). The highest BCUT2D eigenvalue weighted by atomic mass is 32.1. The predicted molar refractivity (Wildman–Crippen MR) is 105 cm³/mol. The average Bonchev–Trinajstić information content (AvgIpc) is 3.11. The monoisotopic (exact) mass is 344 g/mol.